The Hall–Kier alpha value is -1.55. The molecule has 118 valence electrons. The first-order chi connectivity index (χ1) is 9.54. The van der Waals surface area contributed by atoms with Gasteiger partial charge in [-0.2, -0.15) is 0 Å². The molecule has 2 atom stereocenters. The largest absolute Gasteiger partial charge is 0.399 e. The van der Waals surface area contributed by atoms with Crippen LogP contribution < -0.4 is 11.1 Å². The minimum absolute atomic E-state index is 0.0118. The maximum absolute atomic E-state index is 12.5. The molecule has 3 N–H and O–H groups in total. The molecule has 0 aliphatic carbocycles. The van der Waals surface area contributed by atoms with Gasteiger partial charge in [-0.25, -0.2) is 0 Å². The number of anilines is 2. The fourth-order valence-electron chi connectivity index (χ4n) is 2.14. The van der Waals surface area contributed by atoms with Crippen molar-refractivity contribution in [2.45, 2.75) is 53.6 Å². The van der Waals surface area contributed by atoms with Crippen LogP contribution in [-0.2, 0) is 4.79 Å². The van der Waals surface area contributed by atoms with E-state index in [1.165, 1.54) is 0 Å². The van der Waals surface area contributed by atoms with E-state index in [0.29, 0.717) is 11.7 Å². The molecule has 4 heteroatoms. The Morgan fingerprint density at radius 3 is 2.38 bits per heavy atom. The van der Waals surface area contributed by atoms with Crippen LogP contribution in [0, 0.1) is 12.3 Å². The minimum atomic E-state index is -0.208. The Labute approximate surface area is 128 Å². The SMILES string of the molecule is Cc1ccc(N)cc1NC(=O)C(C)N(C)C(C)C(C)(C)C. The number of aryl methyl sites for hydroxylation is 1. The van der Waals surface area contributed by atoms with Crippen LogP contribution in [0.1, 0.15) is 40.2 Å². The topological polar surface area (TPSA) is 58.4 Å². The van der Waals surface area contributed by atoms with Gasteiger partial charge in [0.2, 0.25) is 5.91 Å². The van der Waals surface area contributed by atoms with Crippen molar-refractivity contribution in [1.82, 2.24) is 4.90 Å². The summed E-state index contributed by atoms with van der Waals surface area (Å²) in [4.78, 5) is 14.6. The van der Waals surface area contributed by atoms with Gasteiger partial charge in [0.05, 0.1) is 6.04 Å². The lowest BCUT2D eigenvalue weighted by atomic mass is 9.86. The Bertz CT molecular complexity index is 505. The molecule has 4 nitrogen and oxygen atoms in total. The van der Waals surface area contributed by atoms with Crippen LogP contribution in [0.15, 0.2) is 18.2 Å². The van der Waals surface area contributed by atoms with Crippen molar-refractivity contribution in [3.63, 3.8) is 0 Å². The van der Waals surface area contributed by atoms with E-state index in [9.17, 15) is 4.79 Å². The number of nitrogens with two attached hydrogens (primary N) is 1. The molecule has 21 heavy (non-hydrogen) atoms. The molecule has 0 fully saturated rings. The maximum atomic E-state index is 12.5. The van der Waals surface area contributed by atoms with Gasteiger partial charge >= 0.3 is 0 Å². The van der Waals surface area contributed by atoms with Gasteiger partial charge in [0.1, 0.15) is 0 Å². The van der Waals surface area contributed by atoms with Gasteiger partial charge in [-0.3, -0.25) is 9.69 Å². The summed E-state index contributed by atoms with van der Waals surface area (Å²) in [5, 5.41) is 2.98. The third-order valence-corrected chi connectivity index (χ3v) is 4.37. The average Bonchev–Trinajstić information content (AvgIpc) is 2.39. The molecular formula is C17H29N3O. The predicted molar refractivity (Wildman–Crippen MR) is 90.4 cm³/mol. The molecule has 1 aromatic rings. The molecule has 0 aliphatic heterocycles. The number of carbonyl (C=O) groups is 1. The molecule has 0 saturated carbocycles. The highest BCUT2D eigenvalue weighted by molar-refractivity contribution is 5.95. The lowest BCUT2D eigenvalue weighted by Crippen LogP contribution is -2.48. The van der Waals surface area contributed by atoms with Gasteiger partial charge in [0.25, 0.3) is 0 Å². The Kier molecular flexibility index (Phi) is 5.40. The number of rotatable bonds is 4. The number of hydrogen-bond donors (Lipinski definition) is 2. The highest BCUT2D eigenvalue weighted by atomic mass is 16.2. The van der Waals surface area contributed by atoms with Crippen molar-refractivity contribution in [3.05, 3.63) is 23.8 Å². The number of nitrogens with one attached hydrogen (secondary N) is 1. The standard InChI is InChI=1S/C17H29N3O/c1-11-8-9-14(18)10-15(11)19-16(21)12(2)20(7)13(3)17(4,5)6/h8-10,12-13H,18H2,1-7H3,(H,19,21). The van der Waals surface area contributed by atoms with E-state index in [4.69, 9.17) is 5.73 Å². The lowest BCUT2D eigenvalue weighted by molar-refractivity contribution is -0.121. The van der Waals surface area contributed by atoms with E-state index in [1.54, 1.807) is 6.07 Å². The third-order valence-electron chi connectivity index (χ3n) is 4.37. The van der Waals surface area contributed by atoms with E-state index < -0.39 is 0 Å². The molecule has 1 rings (SSSR count). The fourth-order valence-corrected chi connectivity index (χ4v) is 2.14. The molecule has 0 aromatic heterocycles. The van der Waals surface area contributed by atoms with Gasteiger partial charge in [0, 0.05) is 17.4 Å². The van der Waals surface area contributed by atoms with E-state index in [1.807, 2.05) is 33.0 Å². The van der Waals surface area contributed by atoms with Gasteiger partial charge in [-0.1, -0.05) is 26.8 Å². The second-order valence-electron chi connectivity index (χ2n) is 6.95. The van der Waals surface area contributed by atoms with Gasteiger partial charge in [-0.05, 0) is 50.9 Å². The molecular weight excluding hydrogens is 262 g/mol. The summed E-state index contributed by atoms with van der Waals surface area (Å²) >= 11 is 0. The summed E-state index contributed by atoms with van der Waals surface area (Å²) in [5.74, 6) is -0.0118. The molecule has 0 heterocycles. The summed E-state index contributed by atoms with van der Waals surface area (Å²) in [7, 11) is 1.99. The van der Waals surface area contributed by atoms with E-state index >= 15 is 0 Å². The number of likely N-dealkylation sites (N-methyl/N-ethyl adjacent to an activating group) is 1. The third kappa shape index (κ3) is 4.46. The van der Waals surface area contributed by atoms with Crippen molar-refractivity contribution in [1.29, 1.82) is 0 Å². The van der Waals surface area contributed by atoms with E-state index in [-0.39, 0.29) is 17.4 Å². The fraction of sp³-hybridized carbons (Fsp3) is 0.588. The van der Waals surface area contributed by atoms with Crippen molar-refractivity contribution in [2.24, 2.45) is 5.41 Å². The summed E-state index contributed by atoms with van der Waals surface area (Å²) in [6.07, 6.45) is 0. The summed E-state index contributed by atoms with van der Waals surface area (Å²) in [6, 6.07) is 5.63. The van der Waals surface area contributed by atoms with E-state index in [2.05, 4.69) is 37.9 Å². The van der Waals surface area contributed by atoms with Crippen molar-refractivity contribution in [3.8, 4) is 0 Å². The highest BCUT2D eigenvalue weighted by Crippen LogP contribution is 2.25. The molecule has 0 radical (unpaired) electrons. The predicted octanol–water partition coefficient (Wildman–Crippen LogP) is 3.27. The number of carbonyl (C=O) groups excluding carboxylic acids is 1. The van der Waals surface area contributed by atoms with Crippen molar-refractivity contribution in [2.75, 3.05) is 18.1 Å². The molecule has 1 aromatic carbocycles. The van der Waals surface area contributed by atoms with Crippen LogP contribution in [0.3, 0.4) is 0 Å². The molecule has 0 spiro atoms. The second kappa shape index (κ2) is 6.48. The second-order valence-corrected chi connectivity index (χ2v) is 6.95. The summed E-state index contributed by atoms with van der Waals surface area (Å²) in [6.45, 7) is 12.6. The Balaban J connectivity index is 2.81. The number of amides is 1. The molecule has 2 unspecified atom stereocenters. The number of nitrogen functional groups attached to an aromatic ring is 1. The van der Waals surface area contributed by atoms with Crippen LogP contribution in [-0.4, -0.2) is 29.9 Å². The first kappa shape index (κ1) is 17.5. The Morgan fingerprint density at radius 1 is 1.29 bits per heavy atom. The summed E-state index contributed by atoms with van der Waals surface area (Å²) in [5.41, 5.74) is 8.35. The zero-order valence-corrected chi connectivity index (χ0v) is 14.3. The zero-order valence-electron chi connectivity index (χ0n) is 14.3. The molecule has 0 aliphatic rings. The minimum Gasteiger partial charge on any atom is -0.399 e. The smallest absolute Gasteiger partial charge is 0.241 e. The lowest BCUT2D eigenvalue weighted by Gasteiger charge is -2.38. The van der Waals surface area contributed by atoms with Crippen LogP contribution in [0.5, 0.6) is 0 Å². The number of nitrogens with zero attached hydrogens (tertiary/aromatic N) is 1. The maximum Gasteiger partial charge on any atom is 0.241 e. The van der Waals surface area contributed by atoms with Crippen LogP contribution in [0.25, 0.3) is 0 Å². The Morgan fingerprint density at radius 2 is 1.86 bits per heavy atom. The zero-order chi connectivity index (χ0) is 16.4. The molecule has 0 saturated heterocycles. The van der Waals surface area contributed by atoms with Crippen LogP contribution >= 0.6 is 0 Å². The normalized spacial score (nSPS) is 14.9. The van der Waals surface area contributed by atoms with Gasteiger partial charge in [0.15, 0.2) is 0 Å². The van der Waals surface area contributed by atoms with Crippen LogP contribution in [0.2, 0.25) is 0 Å². The first-order valence-electron chi connectivity index (χ1n) is 7.43. The monoisotopic (exact) mass is 291 g/mol. The first-order valence-corrected chi connectivity index (χ1v) is 7.43. The number of benzene rings is 1. The number of hydrogen-bond acceptors (Lipinski definition) is 3. The quantitative estimate of drug-likeness (QED) is 0.837. The van der Waals surface area contributed by atoms with Crippen molar-refractivity contribution >= 4 is 17.3 Å². The molecule has 1 amide bonds. The van der Waals surface area contributed by atoms with Crippen molar-refractivity contribution < 1.29 is 4.79 Å². The van der Waals surface area contributed by atoms with Gasteiger partial charge < -0.3 is 11.1 Å². The van der Waals surface area contributed by atoms with Crippen LogP contribution in [0.4, 0.5) is 11.4 Å². The van der Waals surface area contributed by atoms with Gasteiger partial charge in [-0.15, -0.1) is 0 Å². The summed E-state index contributed by atoms with van der Waals surface area (Å²) < 4.78 is 0. The molecule has 0 bridgehead atoms. The highest BCUT2D eigenvalue weighted by Gasteiger charge is 2.29. The average molecular weight is 291 g/mol. The van der Waals surface area contributed by atoms with E-state index in [0.717, 1.165) is 11.3 Å².